The average molecular weight is 183 g/mol. The van der Waals surface area contributed by atoms with E-state index in [1.807, 2.05) is 0 Å². The standard InChI is InChI=1S/C9H13NO3/c1-5-4-7(6(2)13-5)9(3,10)8(11)12/h4H,10H2,1-3H3,(H,11,12)/t9-/m0/s1. The number of carboxylic acids is 1. The number of carboxylic acid groups (broad SMARTS) is 1. The molecule has 4 heteroatoms. The van der Waals surface area contributed by atoms with Gasteiger partial charge in [-0.3, -0.25) is 0 Å². The third kappa shape index (κ3) is 1.58. The van der Waals surface area contributed by atoms with Crippen LogP contribution >= 0.6 is 0 Å². The summed E-state index contributed by atoms with van der Waals surface area (Å²) in [6, 6.07) is 1.66. The van der Waals surface area contributed by atoms with Crippen LogP contribution in [0.3, 0.4) is 0 Å². The predicted molar refractivity (Wildman–Crippen MR) is 47.4 cm³/mol. The second kappa shape index (κ2) is 2.88. The van der Waals surface area contributed by atoms with Gasteiger partial charge in [-0.2, -0.15) is 0 Å². The Hall–Kier alpha value is -1.29. The van der Waals surface area contributed by atoms with E-state index in [1.54, 1.807) is 19.9 Å². The van der Waals surface area contributed by atoms with Crippen LogP contribution in [0.25, 0.3) is 0 Å². The first-order chi connectivity index (χ1) is 5.85. The number of nitrogens with two attached hydrogens (primary N) is 1. The third-order valence-electron chi connectivity index (χ3n) is 2.04. The number of carbonyl (C=O) groups is 1. The van der Waals surface area contributed by atoms with E-state index in [9.17, 15) is 4.79 Å². The lowest BCUT2D eigenvalue weighted by Gasteiger charge is -2.17. The number of hydrogen-bond donors (Lipinski definition) is 2. The van der Waals surface area contributed by atoms with E-state index < -0.39 is 11.5 Å². The quantitative estimate of drug-likeness (QED) is 0.721. The molecule has 0 aliphatic rings. The fourth-order valence-electron chi connectivity index (χ4n) is 1.26. The molecule has 0 spiro atoms. The maximum absolute atomic E-state index is 10.8. The van der Waals surface area contributed by atoms with Gasteiger partial charge in [0.05, 0.1) is 0 Å². The number of aliphatic carboxylic acids is 1. The van der Waals surface area contributed by atoms with E-state index in [2.05, 4.69) is 0 Å². The van der Waals surface area contributed by atoms with Crippen molar-refractivity contribution in [2.75, 3.05) is 0 Å². The molecule has 0 amide bonds. The van der Waals surface area contributed by atoms with Gasteiger partial charge in [-0.1, -0.05) is 0 Å². The lowest BCUT2D eigenvalue weighted by molar-refractivity contribution is -0.143. The van der Waals surface area contributed by atoms with Gasteiger partial charge in [0, 0.05) is 5.56 Å². The summed E-state index contributed by atoms with van der Waals surface area (Å²) in [6.45, 7) is 4.91. The summed E-state index contributed by atoms with van der Waals surface area (Å²) in [7, 11) is 0. The molecule has 72 valence electrons. The van der Waals surface area contributed by atoms with Gasteiger partial charge < -0.3 is 15.3 Å². The van der Waals surface area contributed by atoms with Crippen LogP contribution in [-0.2, 0) is 10.3 Å². The molecule has 4 nitrogen and oxygen atoms in total. The van der Waals surface area contributed by atoms with Gasteiger partial charge in [0.2, 0.25) is 0 Å². The van der Waals surface area contributed by atoms with Gasteiger partial charge in [-0.15, -0.1) is 0 Å². The number of furan rings is 1. The summed E-state index contributed by atoms with van der Waals surface area (Å²) in [5, 5.41) is 8.86. The summed E-state index contributed by atoms with van der Waals surface area (Å²) in [4.78, 5) is 10.8. The highest BCUT2D eigenvalue weighted by molar-refractivity contribution is 5.80. The zero-order chi connectivity index (χ0) is 10.2. The Bertz CT molecular complexity index is 339. The number of hydrogen-bond acceptors (Lipinski definition) is 3. The molecule has 1 aromatic heterocycles. The predicted octanol–water partition coefficient (Wildman–Crippen LogP) is 1.15. The van der Waals surface area contributed by atoms with Crippen molar-refractivity contribution in [1.29, 1.82) is 0 Å². The van der Waals surface area contributed by atoms with Crippen LogP contribution in [-0.4, -0.2) is 11.1 Å². The lowest BCUT2D eigenvalue weighted by atomic mass is 9.94. The highest BCUT2D eigenvalue weighted by atomic mass is 16.4. The zero-order valence-corrected chi connectivity index (χ0v) is 7.92. The van der Waals surface area contributed by atoms with Gasteiger partial charge in [0.25, 0.3) is 0 Å². The smallest absolute Gasteiger partial charge is 0.328 e. The molecule has 0 fully saturated rings. The molecule has 1 heterocycles. The summed E-state index contributed by atoms with van der Waals surface area (Å²) in [5.74, 6) is 0.173. The topological polar surface area (TPSA) is 76.5 Å². The summed E-state index contributed by atoms with van der Waals surface area (Å²) >= 11 is 0. The average Bonchev–Trinajstić information content (AvgIpc) is 2.30. The molecule has 1 atom stereocenters. The first kappa shape index (κ1) is 9.80. The number of rotatable bonds is 2. The Morgan fingerprint density at radius 2 is 2.15 bits per heavy atom. The van der Waals surface area contributed by atoms with Crippen molar-refractivity contribution in [3.05, 3.63) is 23.2 Å². The second-order valence-corrected chi connectivity index (χ2v) is 3.33. The van der Waals surface area contributed by atoms with Crippen LogP contribution in [0.1, 0.15) is 24.0 Å². The first-order valence-corrected chi connectivity index (χ1v) is 3.95. The van der Waals surface area contributed by atoms with E-state index in [1.165, 1.54) is 6.92 Å². The van der Waals surface area contributed by atoms with Gasteiger partial charge in [0.1, 0.15) is 17.1 Å². The Morgan fingerprint density at radius 3 is 2.46 bits per heavy atom. The molecule has 0 aromatic carbocycles. The van der Waals surface area contributed by atoms with Crippen molar-refractivity contribution in [2.45, 2.75) is 26.3 Å². The monoisotopic (exact) mass is 183 g/mol. The molecular formula is C9H13NO3. The molecule has 0 saturated carbocycles. The second-order valence-electron chi connectivity index (χ2n) is 3.33. The van der Waals surface area contributed by atoms with E-state index in [-0.39, 0.29) is 0 Å². The van der Waals surface area contributed by atoms with Crippen LogP contribution in [0.5, 0.6) is 0 Å². The van der Waals surface area contributed by atoms with Gasteiger partial charge in [-0.25, -0.2) is 4.79 Å². The van der Waals surface area contributed by atoms with Crippen molar-refractivity contribution < 1.29 is 14.3 Å². The highest BCUT2D eigenvalue weighted by Gasteiger charge is 2.33. The zero-order valence-electron chi connectivity index (χ0n) is 7.92. The van der Waals surface area contributed by atoms with Gasteiger partial charge in [-0.05, 0) is 26.8 Å². The summed E-state index contributed by atoms with van der Waals surface area (Å²) < 4.78 is 5.21. The molecule has 0 saturated heterocycles. The normalized spacial score (nSPS) is 15.4. The molecule has 3 N–H and O–H groups in total. The molecule has 1 rings (SSSR count). The van der Waals surface area contributed by atoms with Crippen LogP contribution in [0.2, 0.25) is 0 Å². The van der Waals surface area contributed by atoms with E-state index in [4.69, 9.17) is 15.3 Å². The van der Waals surface area contributed by atoms with Crippen molar-refractivity contribution in [3.63, 3.8) is 0 Å². The molecule has 1 aromatic rings. The molecule has 0 unspecified atom stereocenters. The van der Waals surface area contributed by atoms with E-state index >= 15 is 0 Å². The largest absolute Gasteiger partial charge is 0.480 e. The minimum absolute atomic E-state index is 0.525. The molecule has 13 heavy (non-hydrogen) atoms. The Morgan fingerprint density at radius 1 is 1.62 bits per heavy atom. The van der Waals surface area contributed by atoms with E-state index in [0.29, 0.717) is 17.1 Å². The van der Waals surface area contributed by atoms with Gasteiger partial charge in [0.15, 0.2) is 0 Å². The fraction of sp³-hybridized carbons (Fsp3) is 0.444. The Labute approximate surface area is 76.3 Å². The van der Waals surface area contributed by atoms with E-state index in [0.717, 1.165) is 0 Å². The van der Waals surface area contributed by atoms with Crippen LogP contribution in [0, 0.1) is 13.8 Å². The van der Waals surface area contributed by atoms with Gasteiger partial charge >= 0.3 is 5.97 Å². The van der Waals surface area contributed by atoms with Crippen molar-refractivity contribution >= 4 is 5.97 Å². The summed E-state index contributed by atoms with van der Waals surface area (Å²) in [6.07, 6.45) is 0. The third-order valence-corrected chi connectivity index (χ3v) is 2.04. The van der Waals surface area contributed by atoms with Crippen LogP contribution in [0.15, 0.2) is 10.5 Å². The maximum atomic E-state index is 10.8. The Balaban J connectivity index is 3.21. The molecule has 0 aliphatic carbocycles. The minimum atomic E-state index is -1.37. The molecular weight excluding hydrogens is 170 g/mol. The first-order valence-electron chi connectivity index (χ1n) is 3.95. The fourth-order valence-corrected chi connectivity index (χ4v) is 1.26. The van der Waals surface area contributed by atoms with Crippen molar-refractivity contribution in [3.8, 4) is 0 Å². The molecule has 0 bridgehead atoms. The SMILES string of the molecule is Cc1cc([C@](C)(N)C(=O)O)c(C)o1. The maximum Gasteiger partial charge on any atom is 0.328 e. The van der Waals surface area contributed by atoms with Crippen molar-refractivity contribution in [1.82, 2.24) is 0 Å². The van der Waals surface area contributed by atoms with Crippen LogP contribution < -0.4 is 5.73 Å². The Kier molecular flexibility index (Phi) is 2.17. The summed E-state index contributed by atoms with van der Waals surface area (Å²) in [5.41, 5.74) is 4.79. The van der Waals surface area contributed by atoms with Crippen LogP contribution in [0.4, 0.5) is 0 Å². The minimum Gasteiger partial charge on any atom is -0.480 e. The number of aryl methyl sites for hydroxylation is 2. The lowest BCUT2D eigenvalue weighted by Crippen LogP contribution is -2.41. The molecule has 0 radical (unpaired) electrons. The van der Waals surface area contributed by atoms with Crippen molar-refractivity contribution in [2.24, 2.45) is 5.73 Å². The molecule has 0 aliphatic heterocycles. The highest BCUT2D eigenvalue weighted by Crippen LogP contribution is 2.24.